The molecule has 2 fully saturated rings. The monoisotopic (exact) mass is 342 g/mol. The van der Waals surface area contributed by atoms with E-state index in [1.807, 2.05) is 0 Å². The summed E-state index contributed by atoms with van der Waals surface area (Å²) in [6, 6.07) is 0. The van der Waals surface area contributed by atoms with Crippen LogP contribution in [0, 0.1) is 0 Å². The van der Waals surface area contributed by atoms with Gasteiger partial charge in [-0.25, -0.2) is 0 Å². The number of rotatable bonds is 5. The molecular formula is C12H22O11. The predicted octanol–water partition coefficient (Wildman–Crippen LogP) is -5.40. The van der Waals surface area contributed by atoms with Gasteiger partial charge in [-0.05, 0) is 0 Å². The van der Waals surface area contributed by atoms with E-state index in [-0.39, 0.29) is 0 Å². The Labute approximate surface area is 130 Å². The molecule has 0 spiro atoms. The summed E-state index contributed by atoms with van der Waals surface area (Å²) in [5.41, 5.74) is 0. The second-order valence-electron chi connectivity index (χ2n) is 5.56. The van der Waals surface area contributed by atoms with Crippen molar-refractivity contribution in [3.8, 4) is 0 Å². The smallest absolute Gasteiger partial charge is 0.224 e. The third kappa shape index (κ3) is 3.23. The van der Waals surface area contributed by atoms with Crippen molar-refractivity contribution in [1.29, 1.82) is 0 Å². The van der Waals surface area contributed by atoms with Crippen molar-refractivity contribution in [1.82, 2.24) is 0 Å². The van der Waals surface area contributed by atoms with E-state index in [1.165, 1.54) is 0 Å². The molecule has 0 bridgehead atoms. The van der Waals surface area contributed by atoms with Crippen LogP contribution in [0.2, 0.25) is 0 Å². The summed E-state index contributed by atoms with van der Waals surface area (Å²) in [4.78, 5) is 0. The summed E-state index contributed by atoms with van der Waals surface area (Å²) >= 11 is 0. The Morgan fingerprint density at radius 3 is 1.87 bits per heavy atom. The summed E-state index contributed by atoms with van der Waals surface area (Å²) in [6.07, 6.45) is -12.7. The molecule has 0 aliphatic carbocycles. The molecule has 0 aromatic heterocycles. The summed E-state index contributed by atoms with van der Waals surface area (Å²) in [6.45, 7) is -2.32. The van der Waals surface area contributed by atoms with Crippen LogP contribution in [-0.2, 0) is 14.2 Å². The average Bonchev–Trinajstić information content (AvgIpc) is 2.80. The molecule has 2 aliphatic rings. The number of hydrogen-bond acceptors (Lipinski definition) is 11. The SMILES string of the molecule is OC[C@@H]1O[C@@](CO)(O[C@H]2O[C@H](CO)[C@@H](O)[C@H](O)[C@H]2O)[C@@H](O)[C@@H]1O. The molecule has 23 heavy (non-hydrogen) atoms. The molecule has 2 aliphatic heterocycles. The van der Waals surface area contributed by atoms with E-state index in [9.17, 15) is 30.6 Å². The van der Waals surface area contributed by atoms with Crippen LogP contribution in [-0.4, -0.2) is 115 Å². The zero-order chi connectivity index (χ0) is 17.4. The van der Waals surface area contributed by atoms with Crippen molar-refractivity contribution in [2.75, 3.05) is 19.8 Å². The van der Waals surface area contributed by atoms with Gasteiger partial charge < -0.3 is 55.1 Å². The maximum absolute atomic E-state index is 10.00. The standard InChI is InChI=1S/C12H22O11/c13-1-4-6(16)8(18)9(19)11(21-4)23-12(3-15)10(20)7(17)5(2-14)22-12/h4-11,13-20H,1-3H2/t4-,5+,6-,7-,8+,9-,10+,11-,12+/m1/s1. The van der Waals surface area contributed by atoms with Crippen molar-refractivity contribution in [3.63, 3.8) is 0 Å². The van der Waals surface area contributed by atoms with E-state index in [1.54, 1.807) is 0 Å². The van der Waals surface area contributed by atoms with Crippen LogP contribution in [0.5, 0.6) is 0 Å². The molecule has 0 aromatic rings. The number of hydrogen-bond donors (Lipinski definition) is 8. The summed E-state index contributed by atoms with van der Waals surface area (Å²) in [5.74, 6) is -2.22. The lowest BCUT2D eigenvalue weighted by Crippen LogP contribution is -2.62. The van der Waals surface area contributed by atoms with Gasteiger partial charge in [-0.3, -0.25) is 0 Å². The van der Waals surface area contributed by atoms with Gasteiger partial charge in [-0.2, -0.15) is 0 Å². The third-order valence-electron chi connectivity index (χ3n) is 4.07. The van der Waals surface area contributed by atoms with Gasteiger partial charge in [0.2, 0.25) is 5.79 Å². The van der Waals surface area contributed by atoms with Gasteiger partial charge in [0.15, 0.2) is 6.29 Å². The van der Waals surface area contributed by atoms with Crippen LogP contribution in [0.15, 0.2) is 0 Å². The normalized spacial score (nSPS) is 51.1. The minimum atomic E-state index is -2.22. The van der Waals surface area contributed by atoms with Crippen LogP contribution in [0.4, 0.5) is 0 Å². The Morgan fingerprint density at radius 2 is 1.39 bits per heavy atom. The minimum Gasteiger partial charge on any atom is -0.394 e. The molecule has 2 rings (SSSR count). The first-order chi connectivity index (χ1) is 10.8. The summed E-state index contributed by atoms with van der Waals surface area (Å²) < 4.78 is 15.4. The number of aliphatic hydroxyl groups excluding tert-OH is 8. The molecule has 0 unspecified atom stereocenters. The fourth-order valence-electron chi connectivity index (χ4n) is 2.63. The average molecular weight is 342 g/mol. The molecule has 0 aromatic carbocycles. The maximum atomic E-state index is 10.00. The lowest BCUT2D eigenvalue weighted by atomic mass is 9.99. The van der Waals surface area contributed by atoms with E-state index in [0.717, 1.165) is 0 Å². The Morgan fingerprint density at radius 1 is 0.783 bits per heavy atom. The second kappa shape index (κ2) is 7.21. The number of aliphatic hydroxyl groups is 8. The highest BCUT2D eigenvalue weighted by Crippen LogP contribution is 2.35. The van der Waals surface area contributed by atoms with Gasteiger partial charge in [0, 0.05) is 0 Å². The first-order valence-corrected chi connectivity index (χ1v) is 7.05. The van der Waals surface area contributed by atoms with Crippen LogP contribution >= 0.6 is 0 Å². The molecule has 0 radical (unpaired) electrons. The Hall–Kier alpha value is -0.440. The van der Waals surface area contributed by atoms with E-state index in [2.05, 4.69) is 0 Å². The Bertz CT molecular complexity index is 393. The molecular weight excluding hydrogens is 320 g/mol. The van der Waals surface area contributed by atoms with Crippen LogP contribution in [0.1, 0.15) is 0 Å². The van der Waals surface area contributed by atoms with Crippen molar-refractivity contribution in [2.24, 2.45) is 0 Å². The Kier molecular flexibility index (Phi) is 5.92. The highest BCUT2D eigenvalue weighted by atomic mass is 16.8. The Balaban J connectivity index is 2.18. The van der Waals surface area contributed by atoms with E-state index < -0.39 is 74.6 Å². The molecule has 2 heterocycles. The fraction of sp³-hybridized carbons (Fsp3) is 1.00. The van der Waals surface area contributed by atoms with Crippen molar-refractivity contribution in [2.45, 2.75) is 54.8 Å². The maximum Gasteiger partial charge on any atom is 0.224 e. The van der Waals surface area contributed by atoms with E-state index in [0.29, 0.717) is 0 Å². The first kappa shape index (κ1) is 18.9. The topological polar surface area (TPSA) is 190 Å². The van der Waals surface area contributed by atoms with Gasteiger partial charge in [0.1, 0.15) is 49.3 Å². The molecule has 0 amide bonds. The van der Waals surface area contributed by atoms with Crippen LogP contribution in [0.3, 0.4) is 0 Å². The van der Waals surface area contributed by atoms with Crippen molar-refractivity contribution >= 4 is 0 Å². The highest BCUT2D eigenvalue weighted by Gasteiger charge is 2.58. The van der Waals surface area contributed by atoms with Crippen molar-refractivity contribution < 1.29 is 55.1 Å². The van der Waals surface area contributed by atoms with Gasteiger partial charge >= 0.3 is 0 Å². The van der Waals surface area contributed by atoms with Crippen LogP contribution in [0.25, 0.3) is 0 Å². The zero-order valence-electron chi connectivity index (χ0n) is 12.0. The predicted molar refractivity (Wildman–Crippen MR) is 68.6 cm³/mol. The van der Waals surface area contributed by atoms with Gasteiger partial charge in [0.05, 0.1) is 13.2 Å². The van der Waals surface area contributed by atoms with E-state index >= 15 is 0 Å². The third-order valence-corrected chi connectivity index (χ3v) is 4.07. The van der Waals surface area contributed by atoms with Gasteiger partial charge in [-0.1, -0.05) is 0 Å². The largest absolute Gasteiger partial charge is 0.394 e. The molecule has 0 saturated carbocycles. The van der Waals surface area contributed by atoms with Crippen molar-refractivity contribution in [3.05, 3.63) is 0 Å². The molecule has 136 valence electrons. The molecule has 11 nitrogen and oxygen atoms in total. The summed E-state index contributed by atoms with van der Waals surface area (Å²) in [7, 11) is 0. The molecule has 2 saturated heterocycles. The zero-order valence-corrected chi connectivity index (χ0v) is 12.0. The minimum absolute atomic E-state index is 0.669. The summed E-state index contributed by atoms with van der Waals surface area (Å²) in [5, 5.41) is 76.7. The molecule has 11 heteroatoms. The lowest BCUT2D eigenvalue weighted by molar-refractivity contribution is -0.383. The second-order valence-corrected chi connectivity index (χ2v) is 5.56. The van der Waals surface area contributed by atoms with Crippen LogP contribution < -0.4 is 0 Å². The quantitative estimate of drug-likeness (QED) is 0.238. The molecule has 9 atom stereocenters. The number of ether oxygens (including phenoxy) is 3. The highest BCUT2D eigenvalue weighted by molar-refractivity contribution is 4.98. The molecule has 8 N–H and O–H groups in total. The van der Waals surface area contributed by atoms with Gasteiger partial charge in [-0.15, -0.1) is 0 Å². The fourth-order valence-corrected chi connectivity index (χ4v) is 2.63. The van der Waals surface area contributed by atoms with Gasteiger partial charge in [0.25, 0.3) is 0 Å². The first-order valence-electron chi connectivity index (χ1n) is 7.05. The lowest BCUT2D eigenvalue weighted by Gasteiger charge is -2.43. The van der Waals surface area contributed by atoms with E-state index in [4.69, 9.17) is 24.4 Å².